The maximum atomic E-state index is 9.75. The molecule has 1 aliphatic rings. The van der Waals surface area contributed by atoms with Gasteiger partial charge in [-0.3, -0.25) is 4.99 Å². The molecule has 0 bridgehead atoms. The van der Waals surface area contributed by atoms with Crippen molar-refractivity contribution >= 4 is 22.3 Å². The molecule has 1 aromatic heterocycles. The van der Waals surface area contributed by atoms with Crippen LogP contribution in [0.15, 0.2) is 22.5 Å². The lowest BCUT2D eigenvalue weighted by Gasteiger charge is -2.34. The first kappa shape index (κ1) is 20.0. The van der Waals surface area contributed by atoms with Gasteiger partial charge in [-0.05, 0) is 50.1 Å². The number of anilines is 1. The fourth-order valence-corrected chi connectivity index (χ4v) is 3.99. The summed E-state index contributed by atoms with van der Waals surface area (Å²) in [7, 11) is 0. The third-order valence-corrected chi connectivity index (χ3v) is 6.33. The highest BCUT2D eigenvalue weighted by atomic mass is 32.1. The second kappa shape index (κ2) is 10.0. The Morgan fingerprint density at radius 2 is 2.04 bits per heavy atom. The lowest BCUT2D eigenvalue weighted by Crippen LogP contribution is -2.49. The topological polar surface area (TPSA) is 59.9 Å². The minimum atomic E-state index is -0.0924. The van der Waals surface area contributed by atoms with Crippen molar-refractivity contribution in [2.75, 3.05) is 37.7 Å². The van der Waals surface area contributed by atoms with Gasteiger partial charge in [0, 0.05) is 31.1 Å². The second-order valence-corrected chi connectivity index (χ2v) is 7.84. The molecule has 0 radical (unpaired) electrons. The molecular formula is C19H34N4OS. The molecule has 142 valence electrons. The van der Waals surface area contributed by atoms with Crippen molar-refractivity contribution in [3.63, 3.8) is 0 Å². The van der Waals surface area contributed by atoms with E-state index in [1.165, 1.54) is 5.00 Å². The smallest absolute Gasteiger partial charge is 0.191 e. The molecule has 3 N–H and O–H groups in total. The van der Waals surface area contributed by atoms with Crippen molar-refractivity contribution in [3.05, 3.63) is 17.5 Å². The average Bonchev–Trinajstić information content (AvgIpc) is 3.19. The normalized spacial score (nSPS) is 17.0. The summed E-state index contributed by atoms with van der Waals surface area (Å²) in [5.74, 6) is 0.886. The van der Waals surface area contributed by atoms with E-state index in [0.29, 0.717) is 12.6 Å². The Kier molecular flexibility index (Phi) is 8.03. The molecule has 0 aliphatic carbocycles. The molecule has 2 rings (SSSR count). The van der Waals surface area contributed by atoms with Crippen LogP contribution in [0.5, 0.6) is 0 Å². The van der Waals surface area contributed by atoms with E-state index in [1.54, 1.807) is 0 Å². The first-order valence-electron chi connectivity index (χ1n) is 9.60. The van der Waals surface area contributed by atoms with E-state index in [4.69, 9.17) is 4.99 Å². The Morgan fingerprint density at radius 1 is 1.32 bits per heavy atom. The fraction of sp³-hybridized carbons (Fsp3) is 0.737. The quantitative estimate of drug-likeness (QED) is 0.489. The highest BCUT2D eigenvalue weighted by Gasteiger charge is 2.26. The number of aliphatic imine (C=N–C) groups is 1. The van der Waals surface area contributed by atoms with Gasteiger partial charge in [-0.25, -0.2) is 0 Å². The van der Waals surface area contributed by atoms with Gasteiger partial charge in [-0.1, -0.05) is 13.8 Å². The molecule has 0 unspecified atom stereocenters. The Balaban J connectivity index is 1.90. The number of guanidine groups is 1. The van der Waals surface area contributed by atoms with Crippen LogP contribution in [0, 0.1) is 5.41 Å². The number of piperidine rings is 1. The van der Waals surface area contributed by atoms with Gasteiger partial charge in [0.15, 0.2) is 5.96 Å². The molecule has 1 aliphatic heterocycles. The fourth-order valence-electron chi connectivity index (χ4n) is 3.20. The van der Waals surface area contributed by atoms with Gasteiger partial charge in [0.25, 0.3) is 0 Å². The number of nitrogens with zero attached hydrogens (tertiary/aromatic N) is 2. The molecule has 0 spiro atoms. The van der Waals surface area contributed by atoms with Gasteiger partial charge in [0.05, 0.1) is 18.2 Å². The van der Waals surface area contributed by atoms with Crippen LogP contribution in [0.3, 0.4) is 0 Å². The van der Waals surface area contributed by atoms with Crippen LogP contribution in [-0.4, -0.2) is 49.9 Å². The van der Waals surface area contributed by atoms with Crippen molar-refractivity contribution in [1.82, 2.24) is 10.6 Å². The van der Waals surface area contributed by atoms with Crippen molar-refractivity contribution in [2.24, 2.45) is 10.4 Å². The zero-order chi connectivity index (χ0) is 18.1. The van der Waals surface area contributed by atoms with E-state index < -0.39 is 0 Å². The minimum Gasteiger partial charge on any atom is -0.396 e. The van der Waals surface area contributed by atoms with E-state index in [-0.39, 0.29) is 12.0 Å². The molecular weight excluding hydrogens is 332 g/mol. The van der Waals surface area contributed by atoms with E-state index in [2.05, 4.69) is 53.8 Å². The van der Waals surface area contributed by atoms with Gasteiger partial charge >= 0.3 is 0 Å². The van der Waals surface area contributed by atoms with Crippen LogP contribution in [0.1, 0.15) is 46.5 Å². The Hall–Kier alpha value is -1.27. The number of nitrogens with one attached hydrogen (secondary N) is 2. The van der Waals surface area contributed by atoms with Crippen molar-refractivity contribution in [3.8, 4) is 0 Å². The lowest BCUT2D eigenvalue weighted by molar-refractivity contribution is 0.123. The van der Waals surface area contributed by atoms with Crippen LogP contribution in [0.2, 0.25) is 0 Å². The predicted octanol–water partition coefficient (Wildman–Crippen LogP) is 3.07. The Bertz CT molecular complexity index is 497. The van der Waals surface area contributed by atoms with Crippen molar-refractivity contribution in [1.29, 1.82) is 0 Å². The third-order valence-electron chi connectivity index (χ3n) is 5.41. The first-order chi connectivity index (χ1) is 12.2. The molecule has 0 atom stereocenters. The summed E-state index contributed by atoms with van der Waals surface area (Å²) in [5, 5.41) is 20.2. The van der Waals surface area contributed by atoms with Gasteiger partial charge in [0.2, 0.25) is 0 Å². The average molecular weight is 367 g/mol. The number of aliphatic hydroxyl groups is 1. The molecule has 1 aromatic rings. The maximum absolute atomic E-state index is 9.75. The van der Waals surface area contributed by atoms with Crippen molar-refractivity contribution in [2.45, 2.75) is 52.5 Å². The maximum Gasteiger partial charge on any atom is 0.191 e. The third kappa shape index (κ3) is 5.61. The summed E-state index contributed by atoms with van der Waals surface area (Å²) in [4.78, 5) is 7.25. The van der Waals surface area contributed by atoms with Crippen molar-refractivity contribution < 1.29 is 5.11 Å². The van der Waals surface area contributed by atoms with E-state index >= 15 is 0 Å². The summed E-state index contributed by atoms with van der Waals surface area (Å²) in [6, 6.07) is 4.78. The molecule has 0 aromatic carbocycles. The number of thiophene rings is 1. The zero-order valence-corrected chi connectivity index (χ0v) is 16.7. The number of rotatable bonds is 8. The summed E-state index contributed by atoms with van der Waals surface area (Å²) in [5.41, 5.74) is -0.0924. The molecule has 0 saturated carbocycles. The molecule has 2 heterocycles. The zero-order valence-electron chi connectivity index (χ0n) is 15.9. The summed E-state index contributed by atoms with van der Waals surface area (Å²) in [6.45, 7) is 10.2. The van der Waals surface area contributed by atoms with Gasteiger partial charge in [-0.2, -0.15) is 0 Å². The largest absolute Gasteiger partial charge is 0.396 e. The predicted molar refractivity (Wildman–Crippen MR) is 109 cm³/mol. The Labute approximate surface area is 156 Å². The summed E-state index contributed by atoms with van der Waals surface area (Å²) < 4.78 is 0. The second-order valence-electron chi connectivity index (χ2n) is 6.92. The van der Waals surface area contributed by atoms with E-state index in [1.807, 2.05) is 11.3 Å². The van der Waals surface area contributed by atoms with Crippen LogP contribution >= 0.6 is 11.3 Å². The molecule has 5 nitrogen and oxygen atoms in total. The lowest BCUT2D eigenvalue weighted by atomic mass is 9.83. The highest BCUT2D eigenvalue weighted by molar-refractivity contribution is 7.14. The molecule has 6 heteroatoms. The van der Waals surface area contributed by atoms with Crippen LogP contribution in [0.4, 0.5) is 5.00 Å². The molecule has 0 amide bonds. The SMILES string of the molecule is CCNC(=NCC(CC)(CC)CO)NC1CCN(c2cccs2)CC1. The number of hydrogen-bond donors (Lipinski definition) is 3. The highest BCUT2D eigenvalue weighted by Crippen LogP contribution is 2.26. The monoisotopic (exact) mass is 366 g/mol. The molecule has 1 fully saturated rings. The van der Waals surface area contributed by atoms with E-state index in [0.717, 1.165) is 51.3 Å². The van der Waals surface area contributed by atoms with E-state index in [9.17, 15) is 5.11 Å². The van der Waals surface area contributed by atoms with Crippen LogP contribution < -0.4 is 15.5 Å². The molecule has 25 heavy (non-hydrogen) atoms. The molecule has 1 saturated heterocycles. The van der Waals surface area contributed by atoms with Crippen LogP contribution in [0.25, 0.3) is 0 Å². The van der Waals surface area contributed by atoms with Gasteiger partial charge < -0.3 is 20.6 Å². The number of hydrogen-bond acceptors (Lipinski definition) is 4. The summed E-state index contributed by atoms with van der Waals surface area (Å²) >= 11 is 1.82. The Morgan fingerprint density at radius 3 is 2.56 bits per heavy atom. The first-order valence-corrected chi connectivity index (χ1v) is 10.5. The minimum absolute atomic E-state index is 0.0924. The van der Waals surface area contributed by atoms with Gasteiger partial charge in [-0.15, -0.1) is 11.3 Å². The number of aliphatic hydroxyl groups excluding tert-OH is 1. The van der Waals surface area contributed by atoms with Gasteiger partial charge in [0.1, 0.15) is 0 Å². The van der Waals surface area contributed by atoms with Crippen LogP contribution in [-0.2, 0) is 0 Å². The summed E-state index contributed by atoms with van der Waals surface area (Å²) in [6.07, 6.45) is 4.13. The standard InChI is InChI=1S/C19H34N4OS/c1-4-19(5-2,15-24)14-21-18(20-6-3)22-16-9-11-23(12-10-16)17-8-7-13-25-17/h7-8,13,16,24H,4-6,9-12,14-15H2,1-3H3,(H2,20,21,22).